The molecule has 4 rings (SSSR count). The summed E-state index contributed by atoms with van der Waals surface area (Å²) in [5.41, 5.74) is -1.32. The molecule has 1 aromatic rings. The van der Waals surface area contributed by atoms with E-state index in [9.17, 15) is 24.6 Å². The van der Waals surface area contributed by atoms with E-state index in [0.717, 1.165) is 0 Å². The molecule has 0 amide bonds. The molecule has 0 aromatic heterocycles. The average molecular weight is 386 g/mol. The molecule has 1 fully saturated rings. The van der Waals surface area contributed by atoms with Gasteiger partial charge in [-0.3, -0.25) is 14.4 Å². The van der Waals surface area contributed by atoms with Crippen LogP contribution in [0.4, 0.5) is 0 Å². The summed E-state index contributed by atoms with van der Waals surface area (Å²) in [6.07, 6.45) is 0.250. The van der Waals surface area contributed by atoms with E-state index in [1.165, 1.54) is 25.1 Å². The second-order valence-electron chi connectivity index (χ2n) is 7.90. The molecule has 2 atom stereocenters. The van der Waals surface area contributed by atoms with Crippen molar-refractivity contribution in [3.05, 3.63) is 40.5 Å². The minimum atomic E-state index is -1.58. The second-order valence-corrected chi connectivity index (χ2v) is 7.90. The minimum Gasteiger partial charge on any atom is -0.507 e. The van der Waals surface area contributed by atoms with Crippen LogP contribution in [0, 0.1) is 5.92 Å². The number of ether oxygens (including phenoxy) is 2. The predicted octanol–water partition coefficient (Wildman–Crippen LogP) is 1.95. The van der Waals surface area contributed by atoms with Crippen molar-refractivity contribution < 1.29 is 34.1 Å². The van der Waals surface area contributed by atoms with Gasteiger partial charge in [-0.05, 0) is 32.8 Å². The van der Waals surface area contributed by atoms with Gasteiger partial charge in [-0.2, -0.15) is 0 Å². The molecule has 2 N–H and O–H groups in total. The molecule has 28 heavy (non-hydrogen) atoms. The highest BCUT2D eigenvalue weighted by Gasteiger charge is 2.54. The maximum absolute atomic E-state index is 13.2. The predicted molar refractivity (Wildman–Crippen MR) is 97.1 cm³/mol. The average Bonchev–Trinajstić information content (AvgIpc) is 3.04. The Morgan fingerprint density at radius 1 is 1.21 bits per heavy atom. The molecule has 7 heteroatoms. The van der Waals surface area contributed by atoms with E-state index in [2.05, 4.69) is 0 Å². The normalized spacial score (nSPS) is 28.9. The molecular weight excluding hydrogens is 364 g/mol. The van der Waals surface area contributed by atoms with E-state index < -0.39 is 34.7 Å². The first-order valence-corrected chi connectivity index (χ1v) is 9.32. The summed E-state index contributed by atoms with van der Waals surface area (Å²) in [5.74, 6) is -3.84. The van der Waals surface area contributed by atoms with Crippen LogP contribution in [0.2, 0.25) is 0 Å². The molecule has 0 spiro atoms. The fourth-order valence-electron chi connectivity index (χ4n) is 4.82. The third kappa shape index (κ3) is 2.73. The lowest BCUT2D eigenvalue weighted by atomic mass is 9.63. The Morgan fingerprint density at radius 2 is 1.89 bits per heavy atom. The van der Waals surface area contributed by atoms with Gasteiger partial charge in [0.05, 0.1) is 30.3 Å². The lowest BCUT2D eigenvalue weighted by molar-refractivity contribution is -0.192. The number of ketones is 3. The third-order valence-corrected chi connectivity index (χ3v) is 5.92. The van der Waals surface area contributed by atoms with Crippen LogP contribution in [-0.2, 0) is 14.3 Å². The van der Waals surface area contributed by atoms with Crippen LogP contribution in [0.1, 0.15) is 53.8 Å². The summed E-state index contributed by atoms with van der Waals surface area (Å²) in [6, 6.07) is 4.28. The van der Waals surface area contributed by atoms with Gasteiger partial charge in [-0.25, -0.2) is 0 Å². The van der Waals surface area contributed by atoms with Crippen LogP contribution in [0.3, 0.4) is 0 Å². The van der Waals surface area contributed by atoms with Crippen LogP contribution < -0.4 is 0 Å². The number of allylic oxidation sites excluding steroid dienone is 1. The molecule has 7 nitrogen and oxygen atoms in total. The van der Waals surface area contributed by atoms with Crippen LogP contribution in [0.25, 0.3) is 0 Å². The number of Topliss-reactive ketones (excluding diaryl/α,β-unsaturated/α-hetero) is 3. The van der Waals surface area contributed by atoms with Crippen molar-refractivity contribution in [2.75, 3.05) is 13.2 Å². The topological polar surface area (TPSA) is 110 Å². The van der Waals surface area contributed by atoms with E-state index in [1.807, 2.05) is 0 Å². The van der Waals surface area contributed by atoms with Crippen molar-refractivity contribution in [2.24, 2.45) is 5.92 Å². The number of aromatic hydroxyl groups is 1. The van der Waals surface area contributed by atoms with Crippen LogP contribution in [-0.4, -0.2) is 52.2 Å². The first-order valence-electron chi connectivity index (χ1n) is 9.32. The van der Waals surface area contributed by atoms with Crippen molar-refractivity contribution in [2.45, 2.75) is 44.5 Å². The largest absolute Gasteiger partial charge is 0.507 e. The summed E-state index contributed by atoms with van der Waals surface area (Å²) >= 11 is 0. The molecule has 0 saturated carbocycles. The minimum absolute atomic E-state index is 0.00932. The summed E-state index contributed by atoms with van der Waals surface area (Å²) in [7, 11) is 0. The fourth-order valence-corrected chi connectivity index (χ4v) is 4.82. The SMILES string of the molecule is CC(=O)[C@@H]1C2=C(CC[C@@]1(O)CC1(C)OCCO1)C(=O)c1c(O)cccc1C2=O. The lowest BCUT2D eigenvalue weighted by Crippen LogP contribution is -2.52. The first-order chi connectivity index (χ1) is 13.2. The number of rotatable bonds is 3. The third-order valence-electron chi connectivity index (χ3n) is 5.92. The molecule has 0 radical (unpaired) electrons. The van der Waals surface area contributed by atoms with Crippen molar-refractivity contribution in [3.8, 4) is 5.75 Å². The summed E-state index contributed by atoms with van der Waals surface area (Å²) in [6.45, 7) is 3.77. The molecule has 3 aliphatic rings. The molecular formula is C21H22O7. The highest BCUT2D eigenvalue weighted by Crippen LogP contribution is 2.48. The second kappa shape index (κ2) is 6.34. The molecule has 1 aliphatic heterocycles. The van der Waals surface area contributed by atoms with Gasteiger partial charge in [0.15, 0.2) is 17.4 Å². The lowest BCUT2D eigenvalue weighted by Gasteiger charge is -2.44. The van der Waals surface area contributed by atoms with E-state index in [-0.39, 0.29) is 47.3 Å². The summed E-state index contributed by atoms with van der Waals surface area (Å²) in [4.78, 5) is 38.8. The molecule has 1 heterocycles. The zero-order valence-corrected chi connectivity index (χ0v) is 15.8. The van der Waals surface area contributed by atoms with Gasteiger partial charge in [-0.15, -0.1) is 0 Å². The Labute approximate surface area is 161 Å². The van der Waals surface area contributed by atoms with E-state index in [1.54, 1.807) is 6.92 Å². The zero-order chi connectivity index (χ0) is 20.3. The van der Waals surface area contributed by atoms with Gasteiger partial charge in [0, 0.05) is 23.1 Å². The number of aliphatic hydroxyl groups is 1. The molecule has 148 valence electrons. The van der Waals surface area contributed by atoms with Gasteiger partial charge in [-0.1, -0.05) is 12.1 Å². The Bertz CT molecular complexity index is 923. The summed E-state index contributed by atoms with van der Waals surface area (Å²) in [5, 5.41) is 21.5. The molecule has 0 bridgehead atoms. The first kappa shape index (κ1) is 19.0. The number of hydrogen-bond donors (Lipinski definition) is 2. The zero-order valence-electron chi connectivity index (χ0n) is 15.8. The Morgan fingerprint density at radius 3 is 2.54 bits per heavy atom. The van der Waals surface area contributed by atoms with Crippen molar-refractivity contribution in [1.82, 2.24) is 0 Å². The quantitative estimate of drug-likeness (QED) is 0.817. The Balaban J connectivity index is 1.82. The van der Waals surface area contributed by atoms with Gasteiger partial charge in [0.25, 0.3) is 0 Å². The van der Waals surface area contributed by atoms with Crippen molar-refractivity contribution in [3.63, 3.8) is 0 Å². The van der Waals surface area contributed by atoms with Crippen LogP contribution >= 0.6 is 0 Å². The number of phenols is 1. The highest BCUT2D eigenvalue weighted by atomic mass is 16.7. The van der Waals surface area contributed by atoms with E-state index >= 15 is 0 Å². The molecule has 0 unspecified atom stereocenters. The molecule has 2 aliphatic carbocycles. The number of fused-ring (bicyclic) bond motifs is 1. The van der Waals surface area contributed by atoms with Gasteiger partial charge >= 0.3 is 0 Å². The van der Waals surface area contributed by atoms with Gasteiger partial charge in [0.1, 0.15) is 11.5 Å². The van der Waals surface area contributed by atoms with Crippen molar-refractivity contribution in [1.29, 1.82) is 0 Å². The number of hydrogen-bond acceptors (Lipinski definition) is 7. The Kier molecular flexibility index (Phi) is 4.30. The standard InChI is InChI=1S/C21H22O7/c1-11(22)17-16-13(6-7-21(17,26)10-20(2)27-8-9-28-20)18(24)15-12(19(16)25)4-3-5-14(15)23/h3-5,17,23,26H,6-10H2,1-2H3/t17-,21-/m1/s1. The monoisotopic (exact) mass is 386 g/mol. The molecule has 1 saturated heterocycles. The summed E-state index contributed by atoms with van der Waals surface area (Å²) < 4.78 is 11.2. The van der Waals surface area contributed by atoms with Gasteiger partial charge < -0.3 is 19.7 Å². The molecule has 1 aromatic carbocycles. The maximum Gasteiger partial charge on any atom is 0.193 e. The smallest absolute Gasteiger partial charge is 0.193 e. The number of phenolic OH excluding ortho intramolecular Hbond substituents is 1. The number of carbonyl (C=O) groups is 3. The fraction of sp³-hybridized carbons (Fsp3) is 0.476. The Hall–Kier alpha value is -2.35. The maximum atomic E-state index is 13.2. The number of carbonyl (C=O) groups excluding carboxylic acids is 3. The number of benzene rings is 1. The highest BCUT2D eigenvalue weighted by molar-refractivity contribution is 6.29. The van der Waals surface area contributed by atoms with E-state index in [4.69, 9.17) is 9.47 Å². The van der Waals surface area contributed by atoms with E-state index in [0.29, 0.717) is 13.2 Å². The van der Waals surface area contributed by atoms with Crippen LogP contribution in [0.15, 0.2) is 29.3 Å². The van der Waals surface area contributed by atoms with Crippen LogP contribution in [0.5, 0.6) is 5.75 Å². The van der Waals surface area contributed by atoms with Gasteiger partial charge in [0.2, 0.25) is 0 Å². The van der Waals surface area contributed by atoms with Crippen molar-refractivity contribution >= 4 is 17.3 Å².